The number of pyridine rings is 1. The Hall–Kier alpha value is -4.19. The number of imidazole rings is 1. The molecule has 4 N–H and O–H groups in total. The molecule has 214 valence electrons. The van der Waals surface area contributed by atoms with Crippen LogP contribution in [0.25, 0.3) is 16.8 Å². The predicted molar refractivity (Wildman–Crippen MR) is 147 cm³/mol. The molecule has 0 radical (unpaired) electrons. The Labute approximate surface area is 237 Å². The van der Waals surface area contributed by atoms with Crippen LogP contribution in [0, 0.1) is 5.41 Å². The van der Waals surface area contributed by atoms with Crippen LogP contribution >= 0.6 is 11.6 Å². The molecule has 0 unspecified atom stereocenters. The largest absolute Gasteiger partial charge is 0.481 e. The van der Waals surface area contributed by atoms with Crippen molar-refractivity contribution in [3.05, 3.63) is 70.9 Å². The van der Waals surface area contributed by atoms with Gasteiger partial charge in [0.15, 0.2) is 0 Å². The highest BCUT2D eigenvalue weighted by Crippen LogP contribution is 2.48. The van der Waals surface area contributed by atoms with E-state index in [1.165, 1.54) is 12.1 Å². The average Bonchev–Trinajstić information content (AvgIpc) is 3.31. The van der Waals surface area contributed by atoms with Gasteiger partial charge in [-0.25, -0.2) is 15.0 Å². The summed E-state index contributed by atoms with van der Waals surface area (Å²) in [6, 6.07) is 6.00. The number of nitrogens with one attached hydrogen (secondary N) is 1. The van der Waals surface area contributed by atoms with E-state index in [0.717, 1.165) is 18.3 Å². The Balaban J connectivity index is 1.49. The maximum Gasteiger partial charge on any atom is 0.416 e. The molecule has 0 atom stereocenters. The first-order valence-electron chi connectivity index (χ1n) is 12.7. The average molecular weight is 587 g/mol. The molecular formula is C28H26ClF3N6O3. The lowest BCUT2D eigenvalue weighted by Crippen LogP contribution is -2.39. The summed E-state index contributed by atoms with van der Waals surface area (Å²) in [5.41, 5.74) is 5.60. The van der Waals surface area contributed by atoms with Crippen molar-refractivity contribution in [2.75, 3.05) is 11.1 Å². The third-order valence-electron chi connectivity index (χ3n) is 7.91. The minimum Gasteiger partial charge on any atom is -0.481 e. The molecule has 1 aromatic carbocycles. The number of carbonyl (C=O) groups excluding carboxylic acids is 1. The van der Waals surface area contributed by atoms with Crippen molar-refractivity contribution in [2.45, 2.75) is 51.1 Å². The molecule has 1 fully saturated rings. The van der Waals surface area contributed by atoms with E-state index in [1.807, 2.05) is 11.3 Å². The lowest BCUT2D eigenvalue weighted by molar-refractivity contribution is -0.150. The lowest BCUT2D eigenvalue weighted by atomic mass is 9.65. The van der Waals surface area contributed by atoms with Crippen molar-refractivity contribution in [2.24, 2.45) is 5.41 Å². The molecule has 1 aliphatic rings. The number of hydrogen-bond donors (Lipinski definition) is 3. The molecule has 13 heteroatoms. The predicted octanol–water partition coefficient (Wildman–Crippen LogP) is 6.22. The zero-order valence-electron chi connectivity index (χ0n) is 22.1. The number of carboxylic acid groups (broad SMARTS) is 1. The number of fused-ring (bicyclic) bond motifs is 1. The van der Waals surface area contributed by atoms with Crippen LogP contribution in [-0.4, -0.2) is 36.3 Å². The minimum atomic E-state index is -4.58. The van der Waals surface area contributed by atoms with Crippen LogP contribution in [0.15, 0.2) is 48.9 Å². The van der Waals surface area contributed by atoms with E-state index in [2.05, 4.69) is 15.3 Å². The molecule has 1 aliphatic carbocycles. The first-order chi connectivity index (χ1) is 19.2. The van der Waals surface area contributed by atoms with Crippen molar-refractivity contribution in [3.63, 3.8) is 0 Å². The van der Waals surface area contributed by atoms with Gasteiger partial charge in [0, 0.05) is 35.1 Å². The van der Waals surface area contributed by atoms with Gasteiger partial charge in [-0.05, 0) is 56.9 Å². The van der Waals surface area contributed by atoms with E-state index in [9.17, 15) is 27.9 Å². The van der Waals surface area contributed by atoms with Crippen LogP contribution in [0.1, 0.15) is 61.3 Å². The van der Waals surface area contributed by atoms with Gasteiger partial charge in [-0.3, -0.25) is 14.0 Å². The van der Waals surface area contributed by atoms with E-state index < -0.39 is 34.4 Å². The lowest BCUT2D eigenvalue weighted by Gasteiger charge is -2.40. The van der Waals surface area contributed by atoms with Crippen LogP contribution in [0.2, 0.25) is 5.02 Å². The van der Waals surface area contributed by atoms with Gasteiger partial charge in [-0.1, -0.05) is 24.6 Å². The number of carboxylic acids is 1. The number of aliphatic carboxylic acids is 1. The first kappa shape index (κ1) is 28.3. The first-order valence-corrected chi connectivity index (χ1v) is 13.1. The van der Waals surface area contributed by atoms with Crippen LogP contribution < -0.4 is 11.1 Å². The molecule has 0 saturated heterocycles. The molecule has 0 bridgehead atoms. The van der Waals surface area contributed by atoms with Crippen LogP contribution in [0.3, 0.4) is 0 Å². The Morgan fingerprint density at radius 3 is 2.41 bits per heavy atom. The number of aromatic nitrogens is 4. The van der Waals surface area contributed by atoms with Crippen molar-refractivity contribution in [1.29, 1.82) is 0 Å². The van der Waals surface area contributed by atoms with E-state index in [1.54, 1.807) is 25.4 Å². The van der Waals surface area contributed by atoms with Crippen molar-refractivity contribution in [3.8, 4) is 11.3 Å². The smallest absolute Gasteiger partial charge is 0.416 e. The molecular weight excluding hydrogens is 561 g/mol. The fourth-order valence-electron chi connectivity index (χ4n) is 5.18. The van der Waals surface area contributed by atoms with Crippen molar-refractivity contribution in [1.82, 2.24) is 19.4 Å². The number of rotatable bonds is 5. The zero-order valence-corrected chi connectivity index (χ0v) is 22.8. The summed E-state index contributed by atoms with van der Waals surface area (Å²) < 4.78 is 40.9. The second-order valence-electron chi connectivity index (χ2n) is 10.8. The third kappa shape index (κ3) is 5.19. The number of nitrogens with two attached hydrogens (primary N) is 1. The number of alkyl halides is 3. The zero-order chi connectivity index (χ0) is 29.7. The van der Waals surface area contributed by atoms with Crippen LogP contribution in [0.5, 0.6) is 0 Å². The van der Waals surface area contributed by atoms with E-state index >= 15 is 0 Å². The summed E-state index contributed by atoms with van der Waals surface area (Å²) in [5, 5.41) is 12.2. The Kier molecular flexibility index (Phi) is 6.93. The number of benzene rings is 1. The van der Waals surface area contributed by atoms with E-state index in [4.69, 9.17) is 22.3 Å². The van der Waals surface area contributed by atoms with Gasteiger partial charge in [-0.2, -0.15) is 13.2 Å². The number of nitrogen functional groups attached to an aromatic ring is 1. The summed E-state index contributed by atoms with van der Waals surface area (Å²) in [6.07, 6.45) is 1.82. The molecule has 5 rings (SSSR count). The molecule has 3 heterocycles. The maximum atomic E-state index is 13.0. The standard InChI is InChI=1S/C28H26ClF3N6O3/c1-26(6-8-27(2,9-7-26)25(40)41)24-37-20(21-22(33)35-11-12-38(21)24)17-4-3-15(13-18(17)29)23(39)36-19-14-16(5-10-34-19)28(30,31)32/h3-5,10-14H,6-9H2,1-2H3,(H2,33,35)(H,40,41)(H,34,36,39). The normalized spacial score (nSPS) is 21.1. The molecule has 9 nitrogen and oxygen atoms in total. The summed E-state index contributed by atoms with van der Waals surface area (Å²) >= 11 is 6.63. The molecule has 41 heavy (non-hydrogen) atoms. The number of hydrogen-bond acceptors (Lipinski definition) is 6. The van der Waals surface area contributed by atoms with Gasteiger partial charge in [0.05, 0.1) is 16.0 Å². The SMILES string of the molecule is CC1(C(=O)O)CCC(C)(c2nc(-c3ccc(C(=O)Nc4cc(C(F)(F)F)ccn4)cc3Cl)c3c(N)nccn23)CC1. The fraction of sp³-hybridized carbons (Fsp3) is 0.321. The third-order valence-corrected chi connectivity index (χ3v) is 8.22. The van der Waals surface area contributed by atoms with Crippen LogP contribution in [0.4, 0.5) is 24.8 Å². The second-order valence-corrected chi connectivity index (χ2v) is 11.2. The molecule has 1 saturated carbocycles. The number of amides is 1. The van der Waals surface area contributed by atoms with Gasteiger partial charge >= 0.3 is 12.1 Å². The number of nitrogens with zero attached hydrogens (tertiary/aromatic N) is 4. The topological polar surface area (TPSA) is 135 Å². The number of halogens is 4. The maximum absolute atomic E-state index is 13.0. The minimum absolute atomic E-state index is 0.0972. The quantitative estimate of drug-likeness (QED) is 0.252. The van der Waals surface area contributed by atoms with Gasteiger partial charge in [0.1, 0.15) is 28.7 Å². The summed E-state index contributed by atoms with van der Waals surface area (Å²) in [7, 11) is 0. The fourth-order valence-corrected chi connectivity index (χ4v) is 5.45. The molecule has 4 aromatic rings. The van der Waals surface area contributed by atoms with Gasteiger partial charge < -0.3 is 16.2 Å². The number of anilines is 2. The van der Waals surface area contributed by atoms with Gasteiger partial charge in [0.2, 0.25) is 0 Å². The van der Waals surface area contributed by atoms with Crippen LogP contribution in [-0.2, 0) is 16.4 Å². The highest BCUT2D eigenvalue weighted by Gasteiger charge is 2.45. The van der Waals surface area contributed by atoms with Crippen molar-refractivity contribution >= 4 is 40.6 Å². The Morgan fingerprint density at radius 2 is 1.78 bits per heavy atom. The highest BCUT2D eigenvalue weighted by molar-refractivity contribution is 6.34. The Bertz CT molecular complexity index is 1680. The Morgan fingerprint density at radius 1 is 1.07 bits per heavy atom. The van der Waals surface area contributed by atoms with Gasteiger partial charge in [-0.15, -0.1) is 0 Å². The highest BCUT2D eigenvalue weighted by atomic mass is 35.5. The summed E-state index contributed by atoms with van der Waals surface area (Å²) in [6.45, 7) is 3.80. The molecule has 0 spiro atoms. The molecule has 0 aliphatic heterocycles. The van der Waals surface area contributed by atoms with E-state index in [0.29, 0.717) is 48.3 Å². The van der Waals surface area contributed by atoms with E-state index in [-0.39, 0.29) is 22.2 Å². The molecule has 3 aromatic heterocycles. The monoisotopic (exact) mass is 586 g/mol. The summed E-state index contributed by atoms with van der Waals surface area (Å²) in [4.78, 5) is 37.6. The second kappa shape index (κ2) is 10.0. The van der Waals surface area contributed by atoms with Crippen molar-refractivity contribution < 1.29 is 27.9 Å². The molecule has 1 amide bonds. The summed E-state index contributed by atoms with van der Waals surface area (Å²) in [5.74, 6) is -0.866. The number of carbonyl (C=O) groups is 2. The van der Waals surface area contributed by atoms with Gasteiger partial charge in [0.25, 0.3) is 5.91 Å².